The lowest BCUT2D eigenvalue weighted by Gasteiger charge is -2.16. The number of hydrogen-bond donors (Lipinski definition) is 0. The van der Waals surface area contributed by atoms with E-state index in [9.17, 15) is 13.6 Å². The van der Waals surface area contributed by atoms with Crippen molar-refractivity contribution >= 4 is 5.78 Å². The minimum atomic E-state index is -3.04. The Morgan fingerprint density at radius 1 is 1.24 bits per heavy atom. The van der Waals surface area contributed by atoms with E-state index in [2.05, 4.69) is 0 Å². The minimum absolute atomic E-state index is 0.0865. The van der Waals surface area contributed by atoms with Gasteiger partial charge >= 0.3 is 0 Å². The Morgan fingerprint density at radius 3 is 2.18 bits per heavy atom. The molecule has 94 valence electrons. The Kier molecular flexibility index (Phi) is 3.70. The number of rotatable bonds is 4. The summed E-state index contributed by atoms with van der Waals surface area (Å²) in [6, 6.07) is 2.30. The largest absolute Gasteiger partial charge is 0.493 e. The Hall–Kier alpha value is -1.65. The van der Waals surface area contributed by atoms with Crippen molar-refractivity contribution in [1.29, 1.82) is 0 Å². The van der Waals surface area contributed by atoms with Gasteiger partial charge in [-0.3, -0.25) is 4.79 Å². The predicted molar refractivity (Wildman–Crippen MR) is 59.1 cm³/mol. The van der Waals surface area contributed by atoms with E-state index in [1.54, 1.807) is 0 Å². The third-order valence-corrected chi connectivity index (χ3v) is 2.37. The molecule has 0 unspecified atom stereocenters. The van der Waals surface area contributed by atoms with E-state index in [0.717, 1.165) is 13.0 Å². The van der Waals surface area contributed by atoms with Crippen LogP contribution in [-0.2, 0) is 5.92 Å². The molecular weight excluding hydrogens is 230 g/mol. The molecule has 0 amide bonds. The van der Waals surface area contributed by atoms with Crippen LogP contribution in [0.4, 0.5) is 8.78 Å². The van der Waals surface area contributed by atoms with Crippen LogP contribution in [0.25, 0.3) is 0 Å². The summed E-state index contributed by atoms with van der Waals surface area (Å²) in [5.74, 6) is -3.10. The lowest BCUT2D eigenvalue weighted by molar-refractivity contribution is 0.0171. The van der Waals surface area contributed by atoms with Crippen LogP contribution in [0.15, 0.2) is 12.1 Å². The van der Waals surface area contributed by atoms with E-state index in [1.807, 2.05) is 0 Å². The van der Waals surface area contributed by atoms with Crippen LogP contribution in [0, 0.1) is 0 Å². The first-order chi connectivity index (χ1) is 7.81. The van der Waals surface area contributed by atoms with Crippen molar-refractivity contribution in [2.24, 2.45) is 0 Å². The van der Waals surface area contributed by atoms with Gasteiger partial charge in [0.05, 0.1) is 19.8 Å². The standard InChI is InChI=1S/C12H14F2O3/c1-7(15)9-5-8(12(2,13)14)6-10(16-3)11(9)17-4/h5-6H,1-4H3. The second kappa shape index (κ2) is 4.69. The fourth-order valence-corrected chi connectivity index (χ4v) is 1.48. The third kappa shape index (κ3) is 2.72. The van der Waals surface area contributed by atoms with Crippen molar-refractivity contribution in [1.82, 2.24) is 0 Å². The molecule has 0 fully saturated rings. The highest BCUT2D eigenvalue weighted by Gasteiger charge is 2.28. The quantitative estimate of drug-likeness (QED) is 0.764. The fourth-order valence-electron chi connectivity index (χ4n) is 1.48. The van der Waals surface area contributed by atoms with Gasteiger partial charge in [-0.1, -0.05) is 0 Å². The van der Waals surface area contributed by atoms with E-state index in [4.69, 9.17) is 9.47 Å². The molecule has 0 atom stereocenters. The molecule has 0 radical (unpaired) electrons. The first-order valence-corrected chi connectivity index (χ1v) is 4.96. The maximum absolute atomic E-state index is 13.2. The molecule has 0 saturated heterocycles. The summed E-state index contributed by atoms with van der Waals surface area (Å²) >= 11 is 0. The zero-order chi connectivity index (χ0) is 13.2. The second-order valence-electron chi connectivity index (χ2n) is 3.70. The molecule has 0 aliphatic carbocycles. The Balaban J connectivity index is 3.51. The lowest BCUT2D eigenvalue weighted by atomic mass is 10.0. The van der Waals surface area contributed by atoms with E-state index in [1.165, 1.54) is 27.2 Å². The van der Waals surface area contributed by atoms with E-state index in [-0.39, 0.29) is 28.4 Å². The van der Waals surface area contributed by atoms with Crippen molar-refractivity contribution in [3.63, 3.8) is 0 Å². The highest BCUT2D eigenvalue weighted by molar-refractivity contribution is 5.98. The number of halogens is 2. The summed E-state index contributed by atoms with van der Waals surface area (Å²) in [6.07, 6.45) is 0. The molecule has 0 N–H and O–H groups in total. The number of hydrogen-bond acceptors (Lipinski definition) is 3. The summed E-state index contributed by atoms with van der Waals surface area (Å²) < 4.78 is 36.4. The van der Waals surface area contributed by atoms with Gasteiger partial charge in [0, 0.05) is 12.5 Å². The average Bonchev–Trinajstić information content (AvgIpc) is 2.25. The smallest absolute Gasteiger partial charge is 0.270 e. The van der Waals surface area contributed by atoms with Crippen LogP contribution in [0.2, 0.25) is 0 Å². The van der Waals surface area contributed by atoms with Crippen molar-refractivity contribution in [3.8, 4) is 11.5 Å². The highest BCUT2D eigenvalue weighted by atomic mass is 19.3. The summed E-state index contributed by atoms with van der Waals surface area (Å²) in [5, 5.41) is 0. The minimum Gasteiger partial charge on any atom is -0.493 e. The average molecular weight is 244 g/mol. The monoisotopic (exact) mass is 244 g/mol. The van der Waals surface area contributed by atoms with Gasteiger partial charge < -0.3 is 9.47 Å². The molecule has 0 heterocycles. The van der Waals surface area contributed by atoms with Gasteiger partial charge in [0.15, 0.2) is 17.3 Å². The van der Waals surface area contributed by atoms with Gasteiger partial charge in [-0.2, -0.15) is 0 Å². The summed E-state index contributed by atoms with van der Waals surface area (Å²) in [6.45, 7) is 2.05. The van der Waals surface area contributed by atoms with Gasteiger partial charge in [0.2, 0.25) is 0 Å². The van der Waals surface area contributed by atoms with Gasteiger partial charge in [-0.25, -0.2) is 8.78 Å². The number of Topliss-reactive ketones (excluding diaryl/α,β-unsaturated/α-hetero) is 1. The van der Waals surface area contributed by atoms with Crippen LogP contribution in [0.5, 0.6) is 11.5 Å². The molecular formula is C12H14F2O3. The molecule has 3 nitrogen and oxygen atoms in total. The van der Waals surface area contributed by atoms with Gasteiger partial charge in [-0.05, 0) is 19.1 Å². The first-order valence-electron chi connectivity index (χ1n) is 4.96. The molecule has 0 saturated carbocycles. The molecule has 0 aliphatic rings. The van der Waals surface area contributed by atoms with Gasteiger partial charge in [0.25, 0.3) is 5.92 Å². The fraction of sp³-hybridized carbons (Fsp3) is 0.417. The second-order valence-corrected chi connectivity index (χ2v) is 3.70. The molecule has 1 aromatic rings. The number of carbonyl (C=O) groups excluding carboxylic acids is 1. The Bertz CT molecular complexity index is 436. The van der Waals surface area contributed by atoms with Crippen molar-refractivity contribution in [3.05, 3.63) is 23.3 Å². The lowest BCUT2D eigenvalue weighted by Crippen LogP contribution is -2.10. The first kappa shape index (κ1) is 13.4. The molecule has 0 aromatic heterocycles. The third-order valence-electron chi connectivity index (χ3n) is 2.37. The van der Waals surface area contributed by atoms with Crippen LogP contribution in [-0.4, -0.2) is 20.0 Å². The zero-order valence-electron chi connectivity index (χ0n) is 10.1. The number of benzene rings is 1. The van der Waals surface area contributed by atoms with Gasteiger partial charge in [-0.15, -0.1) is 0 Å². The van der Waals surface area contributed by atoms with E-state index in [0.29, 0.717) is 0 Å². The van der Waals surface area contributed by atoms with Crippen LogP contribution < -0.4 is 9.47 Å². The summed E-state index contributed by atoms with van der Waals surface area (Å²) in [7, 11) is 2.69. The van der Waals surface area contributed by atoms with Crippen LogP contribution in [0.3, 0.4) is 0 Å². The van der Waals surface area contributed by atoms with Crippen molar-refractivity contribution < 1.29 is 23.0 Å². The Morgan fingerprint density at radius 2 is 1.82 bits per heavy atom. The van der Waals surface area contributed by atoms with Crippen LogP contribution >= 0.6 is 0 Å². The summed E-state index contributed by atoms with van der Waals surface area (Å²) in [5.41, 5.74) is -0.191. The molecule has 0 bridgehead atoms. The van der Waals surface area contributed by atoms with E-state index >= 15 is 0 Å². The molecule has 0 aliphatic heterocycles. The number of carbonyl (C=O) groups is 1. The molecule has 1 rings (SSSR count). The number of ether oxygens (including phenoxy) is 2. The summed E-state index contributed by atoms with van der Waals surface area (Å²) in [4.78, 5) is 11.4. The van der Waals surface area contributed by atoms with Crippen LogP contribution in [0.1, 0.15) is 29.8 Å². The predicted octanol–water partition coefficient (Wildman–Crippen LogP) is 3.02. The number of ketones is 1. The van der Waals surface area contributed by atoms with Crippen molar-refractivity contribution in [2.45, 2.75) is 19.8 Å². The van der Waals surface area contributed by atoms with E-state index < -0.39 is 5.92 Å². The number of methoxy groups -OCH3 is 2. The topological polar surface area (TPSA) is 35.5 Å². The molecule has 17 heavy (non-hydrogen) atoms. The highest BCUT2D eigenvalue weighted by Crippen LogP contribution is 2.38. The maximum Gasteiger partial charge on any atom is 0.270 e. The van der Waals surface area contributed by atoms with Crippen molar-refractivity contribution in [2.75, 3.05) is 14.2 Å². The molecule has 1 aromatic carbocycles. The SMILES string of the molecule is COc1cc(C(C)(F)F)cc(C(C)=O)c1OC. The zero-order valence-corrected chi connectivity index (χ0v) is 10.1. The maximum atomic E-state index is 13.2. The molecule has 0 spiro atoms. The van der Waals surface area contributed by atoms with Gasteiger partial charge in [0.1, 0.15) is 0 Å². The number of alkyl halides is 2. The Labute approximate surface area is 98.3 Å². The normalized spacial score (nSPS) is 11.2. The molecule has 5 heteroatoms.